The molecule has 0 bridgehead atoms. The summed E-state index contributed by atoms with van der Waals surface area (Å²) < 4.78 is 1.16. The zero-order valence-electron chi connectivity index (χ0n) is 13.4. The van der Waals surface area contributed by atoms with Gasteiger partial charge < -0.3 is 15.5 Å². The molecule has 1 aromatic carbocycles. The number of benzene rings is 1. The number of amides is 1. The highest BCUT2D eigenvalue weighted by Gasteiger charge is 2.18. The second-order valence-electron chi connectivity index (χ2n) is 5.51. The van der Waals surface area contributed by atoms with Gasteiger partial charge >= 0.3 is 0 Å². The first-order valence-electron chi connectivity index (χ1n) is 7.60. The van der Waals surface area contributed by atoms with Crippen LogP contribution in [0.2, 0.25) is 0 Å². The van der Waals surface area contributed by atoms with E-state index in [1.807, 2.05) is 6.07 Å². The van der Waals surface area contributed by atoms with Gasteiger partial charge in [0.25, 0.3) is 11.5 Å². The predicted molar refractivity (Wildman–Crippen MR) is 96.1 cm³/mol. The molecule has 26 heavy (non-hydrogen) atoms. The third-order valence-corrected chi connectivity index (χ3v) is 4.58. The Bertz CT molecular complexity index is 1050. The van der Waals surface area contributed by atoms with Crippen molar-refractivity contribution in [2.75, 3.05) is 11.9 Å². The standard InChI is InChI=1S/C17H14N4O4S/c18-5-10-1-3-11(4-2-10)20-15(24)13-8-26-16-14(13)17(25)21(9-19-16)6-12(23)7-22/h1-4,8-9,12,22-23H,6-7H2,(H,20,24). The second-order valence-corrected chi connectivity index (χ2v) is 6.37. The Balaban J connectivity index is 1.93. The monoisotopic (exact) mass is 370 g/mol. The minimum atomic E-state index is -1.10. The fourth-order valence-corrected chi connectivity index (χ4v) is 3.25. The Morgan fingerprint density at radius 2 is 2.12 bits per heavy atom. The molecule has 3 N–H and O–H groups in total. The molecule has 2 heterocycles. The molecule has 2 aromatic heterocycles. The van der Waals surface area contributed by atoms with Gasteiger partial charge in [-0.3, -0.25) is 14.2 Å². The SMILES string of the molecule is N#Cc1ccc(NC(=O)c2csc3ncn(CC(O)CO)c(=O)c23)cc1. The van der Waals surface area contributed by atoms with Crippen LogP contribution in [0.4, 0.5) is 5.69 Å². The van der Waals surface area contributed by atoms with Crippen LogP contribution in [0.15, 0.2) is 40.8 Å². The first-order chi connectivity index (χ1) is 12.5. The van der Waals surface area contributed by atoms with E-state index in [0.717, 1.165) is 4.57 Å². The van der Waals surface area contributed by atoms with Gasteiger partial charge in [-0.2, -0.15) is 5.26 Å². The van der Waals surface area contributed by atoms with Crippen molar-refractivity contribution < 1.29 is 15.0 Å². The van der Waals surface area contributed by atoms with Gasteiger partial charge in [0.05, 0.1) is 48.2 Å². The predicted octanol–water partition coefficient (Wildman–Crippen LogP) is 0.935. The summed E-state index contributed by atoms with van der Waals surface area (Å²) in [5, 5.41) is 31.7. The fourth-order valence-electron chi connectivity index (χ4n) is 2.38. The van der Waals surface area contributed by atoms with E-state index in [2.05, 4.69) is 10.3 Å². The molecule has 3 aromatic rings. The van der Waals surface area contributed by atoms with E-state index in [4.69, 9.17) is 10.4 Å². The lowest BCUT2D eigenvalue weighted by Crippen LogP contribution is -2.29. The highest BCUT2D eigenvalue weighted by Crippen LogP contribution is 2.22. The van der Waals surface area contributed by atoms with Crippen molar-refractivity contribution in [3.8, 4) is 6.07 Å². The van der Waals surface area contributed by atoms with Crippen LogP contribution in [-0.2, 0) is 6.54 Å². The van der Waals surface area contributed by atoms with E-state index in [0.29, 0.717) is 16.1 Å². The molecule has 1 unspecified atom stereocenters. The summed E-state index contributed by atoms with van der Waals surface area (Å²) in [6.07, 6.45) is 0.184. The molecule has 1 atom stereocenters. The van der Waals surface area contributed by atoms with E-state index in [1.165, 1.54) is 17.7 Å². The van der Waals surface area contributed by atoms with Gasteiger partial charge in [-0.05, 0) is 24.3 Å². The normalized spacial score (nSPS) is 11.9. The third kappa shape index (κ3) is 3.48. The number of anilines is 1. The summed E-state index contributed by atoms with van der Waals surface area (Å²) >= 11 is 1.17. The second kappa shape index (κ2) is 7.45. The van der Waals surface area contributed by atoms with Gasteiger partial charge in [-0.15, -0.1) is 11.3 Å². The van der Waals surface area contributed by atoms with Crippen molar-refractivity contribution in [3.05, 3.63) is 57.5 Å². The van der Waals surface area contributed by atoms with Crippen LogP contribution in [0.5, 0.6) is 0 Å². The first-order valence-corrected chi connectivity index (χ1v) is 8.48. The molecule has 0 saturated carbocycles. The lowest BCUT2D eigenvalue weighted by molar-refractivity contribution is 0.0803. The zero-order valence-corrected chi connectivity index (χ0v) is 14.2. The number of aliphatic hydroxyl groups excluding tert-OH is 2. The van der Waals surface area contributed by atoms with Gasteiger partial charge in [0, 0.05) is 11.1 Å². The quantitative estimate of drug-likeness (QED) is 0.613. The van der Waals surface area contributed by atoms with Crippen molar-refractivity contribution in [1.82, 2.24) is 9.55 Å². The minimum Gasteiger partial charge on any atom is -0.394 e. The Kier molecular flexibility index (Phi) is 5.09. The van der Waals surface area contributed by atoms with E-state index in [-0.39, 0.29) is 17.5 Å². The van der Waals surface area contributed by atoms with Gasteiger partial charge in [0.1, 0.15) is 4.83 Å². The number of hydrogen-bond acceptors (Lipinski definition) is 7. The number of nitriles is 1. The molecule has 0 spiro atoms. The molecule has 9 heteroatoms. The van der Waals surface area contributed by atoms with E-state index in [9.17, 15) is 14.7 Å². The summed E-state index contributed by atoms with van der Waals surface area (Å²) in [6, 6.07) is 8.34. The number of aromatic nitrogens is 2. The van der Waals surface area contributed by atoms with Crippen LogP contribution in [0.25, 0.3) is 10.2 Å². The maximum atomic E-state index is 12.6. The molecule has 0 aliphatic heterocycles. The summed E-state index contributed by atoms with van der Waals surface area (Å²) in [7, 11) is 0. The number of aliphatic hydroxyl groups is 2. The van der Waals surface area contributed by atoms with Crippen LogP contribution < -0.4 is 10.9 Å². The van der Waals surface area contributed by atoms with Crippen molar-refractivity contribution in [2.45, 2.75) is 12.6 Å². The van der Waals surface area contributed by atoms with E-state index < -0.39 is 24.2 Å². The van der Waals surface area contributed by atoms with Crippen molar-refractivity contribution in [1.29, 1.82) is 5.26 Å². The van der Waals surface area contributed by atoms with Crippen LogP contribution in [0.3, 0.4) is 0 Å². The molecule has 0 radical (unpaired) electrons. The lowest BCUT2D eigenvalue weighted by Gasteiger charge is -2.09. The summed E-state index contributed by atoms with van der Waals surface area (Å²) in [5.74, 6) is -0.472. The zero-order chi connectivity index (χ0) is 18.7. The Hall–Kier alpha value is -3.06. The molecular formula is C17H14N4O4S. The fraction of sp³-hybridized carbons (Fsp3) is 0.176. The van der Waals surface area contributed by atoms with E-state index in [1.54, 1.807) is 29.6 Å². The number of hydrogen-bond donors (Lipinski definition) is 3. The molecule has 0 aliphatic carbocycles. The number of rotatable bonds is 5. The maximum Gasteiger partial charge on any atom is 0.262 e. The molecule has 1 amide bonds. The first kappa shape index (κ1) is 17.8. The van der Waals surface area contributed by atoms with Crippen LogP contribution in [-0.4, -0.2) is 38.4 Å². The third-order valence-electron chi connectivity index (χ3n) is 3.70. The number of carbonyl (C=O) groups is 1. The van der Waals surface area contributed by atoms with Gasteiger partial charge in [-0.1, -0.05) is 0 Å². The van der Waals surface area contributed by atoms with E-state index >= 15 is 0 Å². The lowest BCUT2D eigenvalue weighted by atomic mass is 10.2. The molecule has 8 nitrogen and oxygen atoms in total. The number of thiophene rings is 1. The van der Waals surface area contributed by atoms with Gasteiger partial charge in [0.15, 0.2) is 0 Å². The van der Waals surface area contributed by atoms with Crippen molar-refractivity contribution in [3.63, 3.8) is 0 Å². The van der Waals surface area contributed by atoms with Crippen LogP contribution in [0, 0.1) is 11.3 Å². The molecule has 0 saturated heterocycles. The Morgan fingerprint density at radius 3 is 2.77 bits per heavy atom. The van der Waals surface area contributed by atoms with Crippen LogP contribution >= 0.6 is 11.3 Å². The summed E-state index contributed by atoms with van der Waals surface area (Å²) in [6.45, 7) is -0.606. The largest absolute Gasteiger partial charge is 0.394 e. The number of fused-ring (bicyclic) bond motifs is 1. The highest BCUT2D eigenvalue weighted by molar-refractivity contribution is 7.17. The molecular weight excluding hydrogens is 356 g/mol. The number of carbonyl (C=O) groups excluding carboxylic acids is 1. The average molecular weight is 370 g/mol. The number of nitrogens with one attached hydrogen (secondary N) is 1. The smallest absolute Gasteiger partial charge is 0.262 e. The van der Waals surface area contributed by atoms with Gasteiger partial charge in [-0.25, -0.2) is 4.98 Å². The maximum absolute atomic E-state index is 12.6. The topological polar surface area (TPSA) is 128 Å². The highest BCUT2D eigenvalue weighted by atomic mass is 32.1. The van der Waals surface area contributed by atoms with Crippen molar-refractivity contribution >= 4 is 33.1 Å². The summed E-state index contributed by atoms with van der Waals surface area (Å²) in [5.41, 5.74) is 0.681. The minimum absolute atomic E-state index is 0.120. The van der Waals surface area contributed by atoms with Gasteiger partial charge in [0.2, 0.25) is 0 Å². The number of nitrogens with zero attached hydrogens (tertiary/aromatic N) is 3. The van der Waals surface area contributed by atoms with Crippen molar-refractivity contribution in [2.24, 2.45) is 0 Å². The average Bonchev–Trinajstić information content (AvgIpc) is 3.09. The molecule has 132 valence electrons. The molecule has 0 aliphatic rings. The Morgan fingerprint density at radius 1 is 1.38 bits per heavy atom. The molecule has 3 rings (SSSR count). The van der Waals surface area contributed by atoms with Crippen LogP contribution in [0.1, 0.15) is 15.9 Å². The molecule has 0 fully saturated rings. The Labute approximate surface area is 151 Å². The summed E-state index contributed by atoms with van der Waals surface area (Å²) in [4.78, 5) is 29.7.